The van der Waals surface area contributed by atoms with Crippen LogP contribution in [0.5, 0.6) is 11.5 Å². The summed E-state index contributed by atoms with van der Waals surface area (Å²) in [4.78, 5) is 23.9. The molecule has 0 radical (unpaired) electrons. The van der Waals surface area contributed by atoms with Crippen molar-refractivity contribution in [3.63, 3.8) is 0 Å². The van der Waals surface area contributed by atoms with Crippen LogP contribution < -0.4 is 20.1 Å². The van der Waals surface area contributed by atoms with E-state index in [9.17, 15) is 9.59 Å². The predicted molar refractivity (Wildman–Crippen MR) is 107 cm³/mol. The highest BCUT2D eigenvalue weighted by molar-refractivity contribution is 9.10. The molecule has 0 saturated heterocycles. The Morgan fingerprint density at radius 2 is 2.07 bits per heavy atom. The van der Waals surface area contributed by atoms with Crippen LogP contribution in [-0.4, -0.2) is 25.2 Å². The lowest BCUT2D eigenvalue weighted by Gasteiger charge is -2.09. The fourth-order valence-corrected chi connectivity index (χ4v) is 3.19. The molecule has 1 aliphatic rings. The number of carbonyl (C=O) groups is 2. The molecule has 0 saturated carbocycles. The number of carbonyl (C=O) groups excluding carboxylic acids is 2. The minimum Gasteiger partial charge on any atom is -0.454 e. The van der Waals surface area contributed by atoms with Crippen LogP contribution in [0, 0.1) is 6.92 Å². The van der Waals surface area contributed by atoms with E-state index in [4.69, 9.17) is 21.1 Å². The monoisotopic (exact) mass is 450 g/mol. The molecule has 1 aliphatic heterocycles. The maximum atomic E-state index is 12.0. The first-order chi connectivity index (χ1) is 12.9. The average molecular weight is 452 g/mol. The van der Waals surface area contributed by atoms with Crippen LogP contribution in [0.2, 0.25) is 5.02 Å². The summed E-state index contributed by atoms with van der Waals surface area (Å²) >= 11 is 9.47. The Kier molecular flexibility index (Phi) is 6.03. The summed E-state index contributed by atoms with van der Waals surface area (Å²) in [5, 5.41) is 5.70. The Morgan fingerprint density at radius 1 is 1.26 bits per heavy atom. The Hall–Kier alpha value is -2.51. The molecule has 2 aromatic carbocycles. The van der Waals surface area contributed by atoms with Gasteiger partial charge in [0, 0.05) is 16.2 Å². The molecule has 6 nitrogen and oxygen atoms in total. The second-order valence-corrected chi connectivity index (χ2v) is 7.12. The highest BCUT2D eigenvalue weighted by Gasteiger charge is 2.17. The van der Waals surface area contributed by atoms with E-state index in [-0.39, 0.29) is 19.2 Å². The second kappa shape index (κ2) is 8.45. The summed E-state index contributed by atoms with van der Waals surface area (Å²) in [5.74, 6) is 0.324. The Bertz CT molecular complexity index is 930. The zero-order chi connectivity index (χ0) is 19.4. The number of nitrogens with one attached hydrogen (secondary N) is 2. The molecule has 0 bridgehead atoms. The number of amides is 2. The van der Waals surface area contributed by atoms with Gasteiger partial charge in [-0.2, -0.15) is 0 Å². The third kappa shape index (κ3) is 5.02. The van der Waals surface area contributed by atoms with Gasteiger partial charge in [0.2, 0.25) is 18.6 Å². The van der Waals surface area contributed by atoms with E-state index in [0.717, 1.165) is 10.0 Å². The van der Waals surface area contributed by atoms with Gasteiger partial charge in [-0.1, -0.05) is 27.5 Å². The molecule has 8 heteroatoms. The second-order valence-electron chi connectivity index (χ2n) is 5.80. The van der Waals surface area contributed by atoms with Gasteiger partial charge in [0.1, 0.15) is 0 Å². The van der Waals surface area contributed by atoms with E-state index >= 15 is 0 Å². The molecule has 2 N–H and O–H groups in total. The minimum atomic E-state index is -0.397. The Morgan fingerprint density at radius 3 is 2.85 bits per heavy atom. The average Bonchev–Trinajstić information content (AvgIpc) is 3.10. The molecule has 0 atom stereocenters. The number of ether oxygens (including phenoxy) is 2. The number of benzene rings is 2. The molecule has 0 aromatic heterocycles. The lowest BCUT2D eigenvalue weighted by Crippen LogP contribution is -2.31. The van der Waals surface area contributed by atoms with E-state index in [1.54, 1.807) is 24.3 Å². The van der Waals surface area contributed by atoms with Crippen LogP contribution in [-0.2, 0) is 9.59 Å². The van der Waals surface area contributed by atoms with Crippen molar-refractivity contribution < 1.29 is 19.1 Å². The molecule has 0 aliphatic carbocycles. The van der Waals surface area contributed by atoms with E-state index < -0.39 is 5.91 Å². The van der Waals surface area contributed by atoms with Crippen molar-refractivity contribution in [2.24, 2.45) is 0 Å². The first-order valence-corrected chi connectivity index (χ1v) is 9.20. The molecular weight excluding hydrogens is 436 g/mol. The van der Waals surface area contributed by atoms with Crippen LogP contribution >= 0.6 is 27.5 Å². The van der Waals surface area contributed by atoms with Gasteiger partial charge in [-0.25, -0.2) is 0 Å². The van der Waals surface area contributed by atoms with Gasteiger partial charge in [-0.15, -0.1) is 0 Å². The number of anilines is 1. The Balaban J connectivity index is 1.53. The SMILES string of the molecule is Cc1cc(Br)ccc1NC(=O)CNC(=O)C=Cc1cc(Cl)c2c(c1)OCO2. The molecule has 0 fully saturated rings. The Labute approximate surface area is 169 Å². The molecule has 27 heavy (non-hydrogen) atoms. The quantitative estimate of drug-likeness (QED) is 0.676. The van der Waals surface area contributed by atoms with E-state index in [1.165, 1.54) is 6.08 Å². The van der Waals surface area contributed by atoms with Crippen LogP contribution in [0.3, 0.4) is 0 Å². The number of hydrogen-bond donors (Lipinski definition) is 2. The van der Waals surface area contributed by atoms with Crippen molar-refractivity contribution in [3.05, 3.63) is 57.0 Å². The highest BCUT2D eigenvalue weighted by Crippen LogP contribution is 2.40. The number of aryl methyl sites for hydroxylation is 1. The van der Waals surface area contributed by atoms with E-state index in [2.05, 4.69) is 26.6 Å². The van der Waals surface area contributed by atoms with Gasteiger partial charge in [-0.3, -0.25) is 9.59 Å². The van der Waals surface area contributed by atoms with Crippen molar-refractivity contribution in [1.82, 2.24) is 5.32 Å². The van der Waals surface area contributed by atoms with Gasteiger partial charge < -0.3 is 20.1 Å². The summed E-state index contributed by atoms with van der Waals surface area (Å²) in [6, 6.07) is 8.92. The van der Waals surface area contributed by atoms with Gasteiger partial charge in [0.15, 0.2) is 11.5 Å². The van der Waals surface area contributed by atoms with Crippen LogP contribution in [0.4, 0.5) is 5.69 Å². The summed E-state index contributed by atoms with van der Waals surface area (Å²) < 4.78 is 11.4. The van der Waals surface area contributed by atoms with Crippen molar-refractivity contribution in [2.45, 2.75) is 6.92 Å². The minimum absolute atomic E-state index is 0.121. The van der Waals surface area contributed by atoms with Crippen LogP contribution in [0.1, 0.15) is 11.1 Å². The maximum Gasteiger partial charge on any atom is 0.244 e. The normalized spacial score (nSPS) is 12.3. The highest BCUT2D eigenvalue weighted by atomic mass is 79.9. The van der Waals surface area contributed by atoms with Crippen molar-refractivity contribution in [2.75, 3.05) is 18.7 Å². The van der Waals surface area contributed by atoms with Gasteiger partial charge >= 0.3 is 0 Å². The summed E-state index contributed by atoms with van der Waals surface area (Å²) in [7, 11) is 0. The standard InChI is InChI=1S/C19H16BrClN2O4/c1-11-6-13(20)3-4-15(11)23-18(25)9-22-17(24)5-2-12-7-14(21)19-16(8-12)26-10-27-19/h2-8H,9-10H2,1H3,(H,22,24)(H,23,25). The molecule has 3 rings (SSSR count). The molecule has 2 amide bonds. The van der Waals surface area contributed by atoms with Gasteiger partial charge in [0.25, 0.3) is 0 Å². The first kappa shape index (κ1) is 19.3. The van der Waals surface area contributed by atoms with Gasteiger partial charge in [-0.05, 0) is 54.5 Å². The smallest absolute Gasteiger partial charge is 0.244 e. The van der Waals surface area contributed by atoms with Crippen LogP contribution in [0.25, 0.3) is 6.08 Å². The molecule has 140 valence electrons. The molecule has 0 unspecified atom stereocenters. The predicted octanol–water partition coefficient (Wildman–Crippen LogP) is 3.91. The van der Waals surface area contributed by atoms with E-state index in [1.807, 2.05) is 19.1 Å². The molecular formula is C19H16BrClN2O4. The number of halogens is 2. The van der Waals surface area contributed by atoms with Crippen molar-refractivity contribution in [1.29, 1.82) is 0 Å². The van der Waals surface area contributed by atoms with Gasteiger partial charge in [0.05, 0.1) is 11.6 Å². The fraction of sp³-hybridized carbons (Fsp3) is 0.158. The van der Waals surface area contributed by atoms with E-state index in [0.29, 0.717) is 27.8 Å². The zero-order valence-corrected chi connectivity index (χ0v) is 16.7. The molecule has 0 spiro atoms. The molecule has 2 aromatic rings. The summed E-state index contributed by atoms with van der Waals surface area (Å²) in [5.41, 5.74) is 2.31. The zero-order valence-electron chi connectivity index (χ0n) is 14.3. The lowest BCUT2D eigenvalue weighted by molar-refractivity contribution is -0.121. The summed E-state index contributed by atoms with van der Waals surface area (Å²) in [6.45, 7) is 1.87. The van der Waals surface area contributed by atoms with Crippen molar-refractivity contribution >= 4 is 51.1 Å². The molecule has 1 heterocycles. The fourth-order valence-electron chi connectivity index (χ4n) is 2.44. The van der Waals surface area contributed by atoms with Crippen molar-refractivity contribution in [3.8, 4) is 11.5 Å². The third-order valence-corrected chi connectivity index (χ3v) is 4.54. The van der Waals surface area contributed by atoms with Crippen LogP contribution in [0.15, 0.2) is 40.9 Å². The third-order valence-electron chi connectivity index (χ3n) is 3.76. The first-order valence-electron chi connectivity index (χ1n) is 8.03. The number of rotatable bonds is 5. The maximum absolute atomic E-state index is 12.0. The summed E-state index contributed by atoms with van der Waals surface area (Å²) in [6.07, 6.45) is 2.91. The number of hydrogen-bond acceptors (Lipinski definition) is 4. The number of fused-ring (bicyclic) bond motifs is 1. The largest absolute Gasteiger partial charge is 0.454 e. The topological polar surface area (TPSA) is 76.7 Å². The lowest BCUT2D eigenvalue weighted by atomic mass is 10.2.